The largest absolute Gasteiger partial charge is 0.0628 e. The van der Waals surface area contributed by atoms with Crippen LogP contribution in [0.2, 0.25) is 0 Å². The van der Waals surface area contributed by atoms with Crippen LogP contribution in [-0.4, -0.2) is 0 Å². The lowest BCUT2D eigenvalue weighted by atomic mass is 9.44. The van der Waals surface area contributed by atoms with Crippen molar-refractivity contribution in [2.45, 2.75) is 118 Å². The van der Waals surface area contributed by atoms with E-state index >= 15 is 0 Å². The molecule has 27 heavy (non-hydrogen) atoms. The topological polar surface area (TPSA) is 0 Å². The molecule has 0 spiro atoms. The molecule has 0 radical (unpaired) electrons. The fourth-order valence-corrected chi connectivity index (χ4v) is 8.60. The highest BCUT2D eigenvalue weighted by atomic mass is 14.6. The second kappa shape index (κ2) is 7.68. The minimum atomic E-state index is -1.36. The number of fused-ring (bicyclic) bond motifs is 5. The van der Waals surface area contributed by atoms with Crippen molar-refractivity contribution in [3.05, 3.63) is 0 Å². The van der Waals surface area contributed by atoms with Gasteiger partial charge in [0.2, 0.25) is 0 Å². The monoisotopic (exact) mass is 376 g/mol. The molecule has 0 unspecified atom stereocenters. The molecule has 4 aliphatic carbocycles. The molecule has 0 amide bonds. The van der Waals surface area contributed by atoms with Crippen LogP contribution in [0.3, 0.4) is 0 Å². The van der Waals surface area contributed by atoms with Gasteiger partial charge in [-0.3, -0.25) is 0 Å². The molecule has 0 N–H and O–H groups in total. The van der Waals surface area contributed by atoms with Crippen molar-refractivity contribution in [1.82, 2.24) is 0 Å². The normalized spacial score (nSPS) is 53.9. The minimum absolute atomic E-state index is 0.0431. The third kappa shape index (κ3) is 3.44. The lowest BCUT2D eigenvalue weighted by Crippen LogP contribution is -2.53. The highest BCUT2D eigenvalue weighted by molar-refractivity contribution is 5.09. The van der Waals surface area contributed by atoms with Crippen LogP contribution in [-0.2, 0) is 0 Å². The molecule has 0 heteroatoms. The summed E-state index contributed by atoms with van der Waals surface area (Å²) in [5.41, 5.74) is 0.283. The summed E-state index contributed by atoms with van der Waals surface area (Å²) in [5.74, 6) is 4.50. The number of rotatable bonds is 5. The van der Waals surface area contributed by atoms with E-state index in [-0.39, 0.29) is 17.8 Å². The molecule has 0 nitrogen and oxygen atoms in total. The third-order valence-electron chi connectivity index (χ3n) is 10.0. The van der Waals surface area contributed by atoms with Gasteiger partial charge in [0.25, 0.3) is 0 Å². The molecule has 0 saturated heterocycles. The Kier molecular flexibility index (Phi) is 4.49. The molecule has 0 aliphatic heterocycles. The molecule has 0 aromatic rings. The Labute approximate surface area is 176 Å². The second-order valence-corrected chi connectivity index (χ2v) is 11.9. The molecule has 4 fully saturated rings. The van der Waals surface area contributed by atoms with E-state index in [0.717, 1.165) is 30.1 Å². The Morgan fingerprint density at radius 3 is 2.44 bits per heavy atom. The molecule has 0 aromatic heterocycles. The molecule has 8 atom stereocenters. The fraction of sp³-hybridized carbons (Fsp3) is 1.00. The van der Waals surface area contributed by atoms with Crippen molar-refractivity contribution >= 4 is 0 Å². The van der Waals surface area contributed by atoms with Crippen molar-refractivity contribution in [2.24, 2.45) is 52.3 Å². The Hall–Kier alpha value is 0. The maximum Gasteiger partial charge on any atom is 0.0270 e. The average molecular weight is 377 g/mol. The first-order chi connectivity index (χ1) is 14.3. The van der Waals surface area contributed by atoms with Gasteiger partial charge >= 0.3 is 0 Å². The van der Waals surface area contributed by atoms with E-state index < -0.39 is 12.7 Å². The summed E-state index contributed by atoms with van der Waals surface area (Å²) >= 11 is 0. The molecule has 4 aliphatic rings. The van der Waals surface area contributed by atoms with Crippen LogP contribution in [0.25, 0.3) is 0 Å². The van der Waals surface area contributed by atoms with Gasteiger partial charge in [-0.05, 0) is 104 Å². The van der Waals surface area contributed by atoms with Crippen molar-refractivity contribution in [2.75, 3.05) is 0 Å². The molecule has 0 heterocycles. The molecular formula is C27H48. The predicted molar refractivity (Wildman–Crippen MR) is 118 cm³/mol. The van der Waals surface area contributed by atoms with Crippen molar-refractivity contribution < 1.29 is 5.48 Å². The van der Waals surface area contributed by atoms with Crippen LogP contribution in [0.15, 0.2) is 0 Å². The predicted octanol–water partition coefficient (Wildman–Crippen LogP) is 8.50. The zero-order valence-electron chi connectivity index (χ0n) is 22.8. The van der Waals surface area contributed by atoms with Crippen LogP contribution in [0.1, 0.15) is 123 Å². The molecule has 4 rings (SSSR count). The van der Waals surface area contributed by atoms with Crippen LogP contribution in [0.5, 0.6) is 0 Å². The average Bonchev–Trinajstić information content (AvgIpc) is 2.96. The van der Waals surface area contributed by atoms with Gasteiger partial charge in [-0.2, -0.15) is 0 Å². The summed E-state index contributed by atoms with van der Waals surface area (Å²) < 4.78 is 34.5. The zero-order chi connectivity index (χ0) is 22.8. The Morgan fingerprint density at radius 2 is 1.67 bits per heavy atom. The van der Waals surface area contributed by atoms with E-state index in [4.69, 9.17) is 5.48 Å². The highest BCUT2D eigenvalue weighted by Crippen LogP contribution is 2.68. The van der Waals surface area contributed by atoms with Gasteiger partial charge in [-0.15, -0.1) is 0 Å². The summed E-state index contributed by atoms with van der Waals surface area (Å²) in [4.78, 5) is 0. The van der Waals surface area contributed by atoms with Gasteiger partial charge in [0.1, 0.15) is 0 Å². The van der Waals surface area contributed by atoms with Gasteiger partial charge in [0.15, 0.2) is 0 Å². The Balaban J connectivity index is 1.53. The van der Waals surface area contributed by atoms with Gasteiger partial charge in [0.05, 0.1) is 0 Å². The highest BCUT2D eigenvalue weighted by Gasteiger charge is 2.59. The standard InChI is InChI=1S/C27H48/c1-19(2)9-8-10-20(3)23-14-15-24-22-13-12-21-11-6-7-17-26(21,4)25(22)16-18-27(23,24)5/h19-25H,6-18H2,1-5H3/t20-,21-,22+,23-,24+,25+,26+,27-/m1/s1/i7D2,11D2. The number of hydrogen-bond acceptors (Lipinski definition) is 0. The first kappa shape index (κ1) is 15.8. The summed E-state index contributed by atoms with van der Waals surface area (Å²) in [6, 6.07) is 0. The maximum absolute atomic E-state index is 8.73. The Morgan fingerprint density at radius 1 is 0.889 bits per heavy atom. The van der Waals surface area contributed by atoms with Gasteiger partial charge in [-0.1, -0.05) is 66.7 Å². The van der Waals surface area contributed by atoms with Gasteiger partial charge < -0.3 is 0 Å². The quantitative estimate of drug-likeness (QED) is 0.451. The lowest BCUT2D eigenvalue weighted by Gasteiger charge is -2.61. The van der Waals surface area contributed by atoms with Gasteiger partial charge in [0, 0.05) is 5.48 Å². The van der Waals surface area contributed by atoms with Crippen LogP contribution >= 0.6 is 0 Å². The summed E-state index contributed by atoms with van der Waals surface area (Å²) in [7, 11) is 0. The minimum Gasteiger partial charge on any atom is -0.0628 e. The first-order valence-electron chi connectivity index (χ1n) is 14.3. The van der Waals surface area contributed by atoms with E-state index in [2.05, 4.69) is 34.6 Å². The van der Waals surface area contributed by atoms with Crippen LogP contribution in [0.4, 0.5) is 0 Å². The second-order valence-electron chi connectivity index (χ2n) is 11.9. The zero-order valence-corrected chi connectivity index (χ0v) is 18.8. The molecule has 4 saturated carbocycles. The molecule has 156 valence electrons. The van der Waals surface area contributed by atoms with E-state index in [9.17, 15) is 0 Å². The van der Waals surface area contributed by atoms with E-state index in [1.807, 2.05) is 0 Å². The lowest BCUT2D eigenvalue weighted by molar-refractivity contribution is -0.114. The SMILES string of the molecule is [2H]C1([2H])CC([2H])([2H])[C@@H]2CC[C@H]3[C@@H]4CC[C@H]([C@H](C)CCCC(C)C)[C@@]4(C)CC[C@@H]3[C@@]2(C)C1. The third-order valence-corrected chi connectivity index (χ3v) is 10.0. The first-order valence-corrected chi connectivity index (χ1v) is 12.3. The van der Waals surface area contributed by atoms with Gasteiger partial charge in [-0.25, -0.2) is 0 Å². The van der Waals surface area contributed by atoms with Crippen molar-refractivity contribution in [3.8, 4) is 0 Å². The van der Waals surface area contributed by atoms with Crippen LogP contribution in [0, 0.1) is 52.3 Å². The molecule has 0 bridgehead atoms. The van der Waals surface area contributed by atoms with E-state index in [1.165, 1.54) is 51.4 Å². The summed E-state index contributed by atoms with van der Waals surface area (Å²) in [5, 5.41) is 0. The summed E-state index contributed by atoms with van der Waals surface area (Å²) in [6.45, 7) is 12.1. The number of hydrogen-bond donors (Lipinski definition) is 0. The Bertz CT molecular complexity index is 658. The maximum atomic E-state index is 8.73. The van der Waals surface area contributed by atoms with E-state index in [0.29, 0.717) is 23.7 Å². The van der Waals surface area contributed by atoms with Crippen LogP contribution < -0.4 is 0 Å². The molecular weight excluding hydrogens is 324 g/mol. The smallest absolute Gasteiger partial charge is 0.0270 e. The molecule has 0 aromatic carbocycles. The van der Waals surface area contributed by atoms with Crippen molar-refractivity contribution in [1.29, 1.82) is 0 Å². The summed E-state index contributed by atoms with van der Waals surface area (Å²) in [6.07, 6.45) is 9.43. The van der Waals surface area contributed by atoms with E-state index in [1.54, 1.807) is 0 Å². The van der Waals surface area contributed by atoms with Crippen molar-refractivity contribution in [3.63, 3.8) is 0 Å². The fourth-order valence-electron chi connectivity index (χ4n) is 8.60.